The van der Waals surface area contributed by atoms with Gasteiger partial charge in [-0.15, -0.1) is 0 Å². The minimum Gasteiger partial charge on any atom is -0.292 e. The third-order valence-electron chi connectivity index (χ3n) is 2.75. The van der Waals surface area contributed by atoms with Crippen LogP contribution in [0.3, 0.4) is 0 Å². The Morgan fingerprint density at radius 1 is 1.19 bits per heavy atom. The first kappa shape index (κ1) is 12.4. The van der Waals surface area contributed by atoms with Crippen LogP contribution in [0.1, 0.15) is 40.9 Å². The molecule has 16 heavy (non-hydrogen) atoms. The van der Waals surface area contributed by atoms with Crippen molar-refractivity contribution in [1.82, 2.24) is 0 Å². The van der Waals surface area contributed by atoms with Gasteiger partial charge in [-0.1, -0.05) is 17.7 Å². The van der Waals surface area contributed by atoms with Gasteiger partial charge in [0.1, 0.15) is 5.41 Å². The van der Waals surface area contributed by atoms with Crippen molar-refractivity contribution < 1.29 is 4.79 Å². The molecule has 2 heteroatoms. The highest BCUT2D eigenvalue weighted by Gasteiger charge is 2.30. The summed E-state index contributed by atoms with van der Waals surface area (Å²) in [5.74, 6) is -0.0926. The van der Waals surface area contributed by atoms with Crippen molar-refractivity contribution in [3.05, 3.63) is 34.4 Å². The van der Waals surface area contributed by atoms with Crippen molar-refractivity contribution in [3.8, 4) is 6.07 Å². The summed E-state index contributed by atoms with van der Waals surface area (Å²) in [7, 11) is 0. The van der Waals surface area contributed by atoms with Crippen LogP contribution >= 0.6 is 0 Å². The van der Waals surface area contributed by atoms with Crippen LogP contribution in [0.25, 0.3) is 0 Å². The number of ketones is 1. The highest BCUT2D eigenvalue weighted by atomic mass is 16.1. The molecule has 84 valence electrons. The first-order valence-corrected chi connectivity index (χ1v) is 5.33. The Morgan fingerprint density at radius 3 is 2.00 bits per heavy atom. The van der Waals surface area contributed by atoms with Crippen molar-refractivity contribution in [2.45, 2.75) is 34.6 Å². The second-order valence-corrected chi connectivity index (χ2v) is 4.84. The van der Waals surface area contributed by atoms with Crippen LogP contribution < -0.4 is 0 Å². The van der Waals surface area contributed by atoms with Crippen LogP contribution in [0.2, 0.25) is 0 Å². The maximum absolute atomic E-state index is 12.2. The maximum Gasteiger partial charge on any atom is 0.183 e. The largest absolute Gasteiger partial charge is 0.292 e. The zero-order valence-corrected chi connectivity index (χ0v) is 10.5. The van der Waals surface area contributed by atoms with E-state index in [1.165, 1.54) is 0 Å². The first-order chi connectivity index (χ1) is 7.29. The Bertz CT molecular complexity index is 455. The molecule has 0 spiro atoms. The van der Waals surface area contributed by atoms with Gasteiger partial charge in [-0.25, -0.2) is 0 Å². The molecule has 0 amide bonds. The van der Waals surface area contributed by atoms with E-state index < -0.39 is 5.41 Å². The van der Waals surface area contributed by atoms with Gasteiger partial charge in [0.15, 0.2) is 5.78 Å². The van der Waals surface area contributed by atoms with E-state index >= 15 is 0 Å². The van der Waals surface area contributed by atoms with Crippen molar-refractivity contribution >= 4 is 5.78 Å². The van der Waals surface area contributed by atoms with Crippen LogP contribution in [-0.4, -0.2) is 5.78 Å². The number of hydrogen-bond acceptors (Lipinski definition) is 2. The van der Waals surface area contributed by atoms with Gasteiger partial charge < -0.3 is 0 Å². The normalized spacial score (nSPS) is 11.0. The van der Waals surface area contributed by atoms with Gasteiger partial charge in [-0.05, 0) is 45.7 Å². The Balaban J connectivity index is 3.37. The zero-order valence-electron chi connectivity index (χ0n) is 10.5. The molecule has 0 N–H and O–H groups in total. The molecule has 0 saturated carbocycles. The average Bonchev–Trinajstić information content (AvgIpc) is 2.15. The van der Waals surface area contributed by atoms with Crippen molar-refractivity contribution in [1.29, 1.82) is 5.26 Å². The van der Waals surface area contributed by atoms with E-state index in [4.69, 9.17) is 5.26 Å². The van der Waals surface area contributed by atoms with Crippen molar-refractivity contribution in [2.75, 3.05) is 0 Å². The number of Topliss-reactive ketones (excluding diaryl/α,β-unsaturated/α-hetero) is 1. The molecule has 0 aliphatic heterocycles. The Hall–Kier alpha value is -1.62. The fourth-order valence-corrected chi connectivity index (χ4v) is 1.90. The molecule has 0 atom stereocenters. The van der Waals surface area contributed by atoms with Gasteiger partial charge in [-0.2, -0.15) is 5.26 Å². The van der Waals surface area contributed by atoms with Gasteiger partial charge in [0.25, 0.3) is 0 Å². The number of nitrogens with zero attached hydrogens (tertiary/aromatic N) is 1. The summed E-state index contributed by atoms with van der Waals surface area (Å²) in [5, 5.41) is 8.99. The molecule has 1 aromatic carbocycles. The van der Waals surface area contributed by atoms with Crippen LogP contribution in [0.5, 0.6) is 0 Å². The number of hydrogen-bond donors (Lipinski definition) is 0. The number of nitriles is 1. The summed E-state index contributed by atoms with van der Waals surface area (Å²) in [6.45, 7) is 9.16. The Morgan fingerprint density at radius 2 is 1.62 bits per heavy atom. The molecule has 0 unspecified atom stereocenters. The second kappa shape index (κ2) is 4.09. The molecule has 0 heterocycles. The number of rotatable bonds is 2. The summed E-state index contributed by atoms with van der Waals surface area (Å²) in [4.78, 5) is 12.2. The van der Waals surface area contributed by atoms with Crippen LogP contribution in [0.15, 0.2) is 12.1 Å². The molecule has 0 radical (unpaired) electrons. The first-order valence-electron chi connectivity index (χ1n) is 5.33. The predicted molar refractivity (Wildman–Crippen MR) is 64.4 cm³/mol. The van der Waals surface area contributed by atoms with E-state index in [-0.39, 0.29) is 5.78 Å². The molecule has 0 bridgehead atoms. The van der Waals surface area contributed by atoms with Crippen molar-refractivity contribution in [3.63, 3.8) is 0 Å². The standard InChI is InChI=1S/C14H17NO/c1-9-6-10(2)12(11(3)7-9)13(16)14(4,5)8-15/h6-7H,1-5H3. The van der Waals surface area contributed by atoms with Gasteiger partial charge >= 0.3 is 0 Å². The van der Waals surface area contributed by atoms with E-state index in [2.05, 4.69) is 6.07 Å². The van der Waals surface area contributed by atoms with E-state index in [0.717, 1.165) is 16.7 Å². The fraction of sp³-hybridized carbons (Fsp3) is 0.429. The summed E-state index contributed by atoms with van der Waals surface area (Å²) >= 11 is 0. The summed E-state index contributed by atoms with van der Waals surface area (Å²) in [6, 6.07) is 6.02. The topological polar surface area (TPSA) is 40.9 Å². The molecule has 0 saturated heterocycles. The SMILES string of the molecule is Cc1cc(C)c(C(=O)C(C)(C)C#N)c(C)c1. The number of benzene rings is 1. The lowest BCUT2D eigenvalue weighted by Gasteiger charge is -2.17. The second-order valence-electron chi connectivity index (χ2n) is 4.84. The van der Waals surface area contributed by atoms with E-state index in [1.807, 2.05) is 32.9 Å². The predicted octanol–water partition coefficient (Wildman–Crippen LogP) is 3.34. The maximum atomic E-state index is 12.2. The third kappa shape index (κ3) is 2.14. The van der Waals surface area contributed by atoms with E-state index in [0.29, 0.717) is 5.56 Å². The van der Waals surface area contributed by atoms with Gasteiger partial charge in [0.05, 0.1) is 6.07 Å². The molecule has 1 aromatic rings. The molecular formula is C14H17NO. The number of carbonyl (C=O) groups excluding carboxylic acids is 1. The summed E-state index contributed by atoms with van der Waals surface area (Å²) in [6.07, 6.45) is 0. The summed E-state index contributed by atoms with van der Waals surface area (Å²) in [5.41, 5.74) is 2.78. The zero-order chi connectivity index (χ0) is 12.5. The average molecular weight is 215 g/mol. The summed E-state index contributed by atoms with van der Waals surface area (Å²) < 4.78 is 0. The molecule has 2 nitrogen and oxygen atoms in total. The lowest BCUT2D eigenvalue weighted by atomic mass is 9.82. The van der Waals surface area contributed by atoms with Gasteiger partial charge in [0, 0.05) is 5.56 Å². The molecule has 0 aliphatic carbocycles. The molecule has 1 rings (SSSR count). The molecule has 0 aromatic heterocycles. The van der Waals surface area contributed by atoms with Crippen LogP contribution in [-0.2, 0) is 0 Å². The van der Waals surface area contributed by atoms with Crippen LogP contribution in [0.4, 0.5) is 0 Å². The van der Waals surface area contributed by atoms with Gasteiger partial charge in [-0.3, -0.25) is 4.79 Å². The van der Waals surface area contributed by atoms with Gasteiger partial charge in [0.2, 0.25) is 0 Å². The highest BCUT2D eigenvalue weighted by molar-refractivity contribution is 6.04. The quantitative estimate of drug-likeness (QED) is 0.710. The molecular weight excluding hydrogens is 198 g/mol. The van der Waals surface area contributed by atoms with E-state index in [9.17, 15) is 4.79 Å². The lowest BCUT2D eigenvalue weighted by molar-refractivity contribution is 0.0890. The molecule has 0 fully saturated rings. The molecule has 0 aliphatic rings. The third-order valence-corrected chi connectivity index (χ3v) is 2.75. The lowest BCUT2D eigenvalue weighted by Crippen LogP contribution is -2.24. The number of carbonyl (C=O) groups is 1. The monoisotopic (exact) mass is 215 g/mol. The number of aryl methyl sites for hydroxylation is 3. The Labute approximate surface area is 96.9 Å². The fourth-order valence-electron chi connectivity index (χ4n) is 1.90. The van der Waals surface area contributed by atoms with Crippen LogP contribution in [0, 0.1) is 37.5 Å². The minimum atomic E-state index is -0.954. The smallest absolute Gasteiger partial charge is 0.183 e. The highest BCUT2D eigenvalue weighted by Crippen LogP contribution is 2.26. The van der Waals surface area contributed by atoms with Crippen molar-refractivity contribution in [2.24, 2.45) is 5.41 Å². The Kier molecular flexibility index (Phi) is 3.19. The van der Waals surface area contributed by atoms with E-state index in [1.54, 1.807) is 13.8 Å². The minimum absolute atomic E-state index is 0.0926.